The highest BCUT2D eigenvalue weighted by molar-refractivity contribution is 5.46. The zero-order valence-corrected chi connectivity index (χ0v) is 14.2. The summed E-state index contributed by atoms with van der Waals surface area (Å²) < 4.78 is 5.36. The maximum Gasteiger partial charge on any atom is 0.224 e. The van der Waals surface area contributed by atoms with Crippen LogP contribution in [0.4, 0.5) is 11.8 Å². The lowest BCUT2D eigenvalue weighted by Crippen LogP contribution is -2.39. The molecule has 0 amide bonds. The summed E-state index contributed by atoms with van der Waals surface area (Å²) in [6.45, 7) is 8.25. The number of aryl methyl sites for hydroxylation is 1. The summed E-state index contributed by atoms with van der Waals surface area (Å²) in [5, 5.41) is 6.70. The van der Waals surface area contributed by atoms with Crippen LogP contribution in [-0.2, 0) is 11.3 Å². The van der Waals surface area contributed by atoms with Crippen LogP contribution in [0.25, 0.3) is 0 Å². The van der Waals surface area contributed by atoms with Gasteiger partial charge in [-0.2, -0.15) is 4.98 Å². The van der Waals surface area contributed by atoms with E-state index in [1.807, 2.05) is 31.3 Å². The predicted octanol–water partition coefficient (Wildman–Crippen LogP) is 2.14. The molecule has 3 rings (SSSR count). The molecule has 128 valence electrons. The van der Waals surface area contributed by atoms with E-state index in [0.717, 1.165) is 57.3 Å². The van der Waals surface area contributed by atoms with Crippen molar-refractivity contribution in [1.29, 1.82) is 0 Å². The van der Waals surface area contributed by atoms with Gasteiger partial charge >= 0.3 is 0 Å². The lowest BCUT2D eigenvalue weighted by Gasteiger charge is -2.26. The van der Waals surface area contributed by atoms with E-state index < -0.39 is 0 Å². The Morgan fingerprint density at radius 1 is 1.12 bits per heavy atom. The number of hydrogen-bond acceptors (Lipinski definition) is 6. The molecule has 24 heavy (non-hydrogen) atoms. The van der Waals surface area contributed by atoms with Crippen LogP contribution in [0.15, 0.2) is 36.5 Å². The predicted molar refractivity (Wildman–Crippen MR) is 96.3 cm³/mol. The van der Waals surface area contributed by atoms with E-state index in [1.165, 1.54) is 5.56 Å². The second-order valence-corrected chi connectivity index (χ2v) is 5.95. The second-order valence-electron chi connectivity index (χ2n) is 5.95. The Bertz CT molecular complexity index is 629. The van der Waals surface area contributed by atoms with Crippen molar-refractivity contribution in [1.82, 2.24) is 14.9 Å². The molecule has 1 aromatic heterocycles. The zero-order chi connectivity index (χ0) is 16.6. The number of hydrogen-bond donors (Lipinski definition) is 2. The number of nitrogens with zero attached hydrogens (tertiary/aromatic N) is 3. The minimum absolute atomic E-state index is 0.671. The molecule has 1 aliphatic heterocycles. The number of anilines is 2. The molecule has 0 saturated carbocycles. The van der Waals surface area contributed by atoms with Crippen LogP contribution in [0.5, 0.6) is 0 Å². The first-order valence-corrected chi connectivity index (χ1v) is 8.47. The standard InChI is InChI=1S/C18H25N5O/c1-15-13-21-18(19-7-8-23-9-11-24-12-10-23)22-17(15)20-14-16-5-3-2-4-6-16/h2-6,13H,7-12,14H2,1H3,(H2,19,20,21,22). The topological polar surface area (TPSA) is 62.3 Å². The van der Waals surface area contributed by atoms with Crippen LogP contribution >= 0.6 is 0 Å². The summed E-state index contributed by atoms with van der Waals surface area (Å²) in [5.74, 6) is 1.55. The van der Waals surface area contributed by atoms with Gasteiger partial charge in [-0.15, -0.1) is 0 Å². The maximum absolute atomic E-state index is 5.36. The Kier molecular flexibility index (Phi) is 5.98. The molecule has 1 aliphatic rings. The van der Waals surface area contributed by atoms with Crippen LogP contribution in [0.3, 0.4) is 0 Å². The van der Waals surface area contributed by atoms with Gasteiger partial charge in [0.15, 0.2) is 0 Å². The van der Waals surface area contributed by atoms with Gasteiger partial charge in [-0.3, -0.25) is 4.90 Å². The van der Waals surface area contributed by atoms with E-state index in [2.05, 4.69) is 37.6 Å². The molecule has 0 aliphatic carbocycles. The van der Waals surface area contributed by atoms with Gasteiger partial charge < -0.3 is 15.4 Å². The van der Waals surface area contributed by atoms with Gasteiger partial charge in [0.25, 0.3) is 0 Å². The summed E-state index contributed by atoms with van der Waals surface area (Å²) in [7, 11) is 0. The highest BCUT2D eigenvalue weighted by Gasteiger charge is 2.10. The van der Waals surface area contributed by atoms with E-state index >= 15 is 0 Å². The smallest absolute Gasteiger partial charge is 0.224 e. The number of benzene rings is 1. The third-order valence-corrected chi connectivity index (χ3v) is 4.09. The van der Waals surface area contributed by atoms with Crippen molar-refractivity contribution in [3.8, 4) is 0 Å². The fourth-order valence-electron chi connectivity index (χ4n) is 2.64. The Morgan fingerprint density at radius 2 is 1.92 bits per heavy atom. The number of ether oxygens (including phenoxy) is 1. The first-order chi connectivity index (χ1) is 11.8. The molecule has 0 spiro atoms. The fourth-order valence-corrected chi connectivity index (χ4v) is 2.64. The minimum atomic E-state index is 0.671. The average molecular weight is 327 g/mol. The van der Waals surface area contributed by atoms with Crippen molar-refractivity contribution in [3.05, 3.63) is 47.7 Å². The van der Waals surface area contributed by atoms with Gasteiger partial charge in [-0.1, -0.05) is 30.3 Å². The third kappa shape index (κ3) is 4.91. The Balaban J connectivity index is 1.51. The summed E-state index contributed by atoms with van der Waals surface area (Å²) in [4.78, 5) is 11.4. The molecule has 2 aromatic rings. The number of aromatic nitrogens is 2. The van der Waals surface area contributed by atoms with Crippen LogP contribution in [0.2, 0.25) is 0 Å². The highest BCUT2D eigenvalue weighted by Crippen LogP contribution is 2.14. The van der Waals surface area contributed by atoms with Crippen molar-refractivity contribution in [2.45, 2.75) is 13.5 Å². The van der Waals surface area contributed by atoms with Gasteiger partial charge in [0.05, 0.1) is 13.2 Å². The molecule has 1 aromatic carbocycles. The molecule has 2 heterocycles. The summed E-state index contributed by atoms with van der Waals surface area (Å²) in [6, 6.07) is 10.3. The Hall–Kier alpha value is -2.18. The molecular formula is C18H25N5O. The molecule has 1 saturated heterocycles. The summed E-state index contributed by atoms with van der Waals surface area (Å²) in [5.41, 5.74) is 2.28. The molecular weight excluding hydrogens is 302 g/mol. The van der Waals surface area contributed by atoms with E-state index in [0.29, 0.717) is 5.95 Å². The summed E-state index contributed by atoms with van der Waals surface area (Å²) in [6.07, 6.45) is 1.86. The van der Waals surface area contributed by atoms with Crippen molar-refractivity contribution >= 4 is 11.8 Å². The minimum Gasteiger partial charge on any atom is -0.379 e. The highest BCUT2D eigenvalue weighted by atomic mass is 16.5. The normalized spacial score (nSPS) is 15.2. The van der Waals surface area contributed by atoms with E-state index in [9.17, 15) is 0 Å². The average Bonchev–Trinajstić information content (AvgIpc) is 2.64. The monoisotopic (exact) mass is 327 g/mol. The largest absolute Gasteiger partial charge is 0.379 e. The molecule has 0 radical (unpaired) electrons. The van der Waals surface area contributed by atoms with Crippen molar-refractivity contribution in [3.63, 3.8) is 0 Å². The second kappa shape index (κ2) is 8.61. The van der Waals surface area contributed by atoms with Crippen LogP contribution in [-0.4, -0.2) is 54.3 Å². The van der Waals surface area contributed by atoms with E-state index in [1.54, 1.807) is 0 Å². The fraction of sp³-hybridized carbons (Fsp3) is 0.444. The first kappa shape index (κ1) is 16.7. The van der Waals surface area contributed by atoms with Gasteiger partial charge in [-0.05, 0) is 12.5 Å². The number of nitrogens with one attached hydrogen (secondary N) is 2. The van der Waals surface area contributed by atoms with Crippen molar-refractivity contribution in [2.75, 3.05) is 50.0 Å². The number of rotatable bonds is 7. The Labute approximate surface area is 143 Å². The lowest BCUT2D eigenvalue weighted by atomic mass is 10.2. The van der Waals surface area contributed by atoms with Crippen LogP contribution < -0.4 is 10.6 Å². The molecule has 1 fully saturated rings. The van der Waals surface area contributed by atoms with Gasteiger partial charge in [-0.25, -0.2) is 4.98 Å². The van der Waals surface area contributed by atoms with E-state index in [4.69, 9.17) is 4.74 Å². The number of morpholine rings is 1. The van der Waals surface area contributed by atoms with Gasteiger partial charge in [0.1, 0.15) is 5.82 Å². The Morgan fingerprint density at radius 3 is 2.71 bits per heavy atom. The quantitative estimate of drug-likeness (QED) is 0.812. The lowest BCUT2D eigenvalue weighted by molar-refractivity contribution is 0.0398. The molecule has 6 nitrogen and oxygen atoms in total. The van der Waals surface area contributed by atoms with Gasteiger partial charge in [0, 0.05) is 44.5 Å². The molecule has 0 atom stereocenters. The van der Waals surface area contributed by atoms with Crippen molar-refractivity contribution < 1.29 is 4.74 Å². The summed E-state index contributed by atoms with van der Waals surface area (Å²) >= 11 is 0. The maximum atomic E-state index is 5.36. The SMILES string of the molecule is Cc1cnc(NCCN2CCOCC2)nc1NCc1ccccc1. The molecule has 0 unspecified atom stereocenters. The zero-order valence-electron chi connectivity index (χ0n) is 14.2. The molecule has 6 heteroatoms. The van der Waals surface area contributed by atoms with Crippen LogP contribution in [0.1, 0.15) is 11.1 Å². The van der Waals surface area contributed by atoms with Gasteiger partial charge in [0.2, 0.25) is 5.95 Å². The van der Waals surface area contributed by atoms with Crippen molar-refractivity contribution in [2.24, 2.45) is 0 Å². The first-order valence-electron chi connectivity index (χ1n) is 8.47. The molecule has 0 bridgehead atoms. The van der Waals surface area contributed by atoms with E-state index in [-0.39, 0.29) is 0 Å². The third-order valence-electron chi connectivity index (χ3n) is 4.09. The van der Waals surface area contributed by atoms with Crippen LogP contribution in [0, 0.1) is 6.92 Å². The molecule has 2 N–H and O–H groups in total.